The van der Waals surface area contributed by atoms with Crippen LogP contribution in [0.25, 0.3) is 0 Å². The Hall–Kier alpha value is -0.890. The highest BCUT2D eigenvalue weighted by Gasteiger charge is 2.43. The van der Waals surface area contributed by atoms with Gasteiger partial charge in [-0.1, -0.05) is 0 Å². The minimum atomic E-state index is -3.54. The van der Waals surface area contributed by atoms with Crippen LogP contribution in [-0.4, -0.2) is 41.6 Å². The number of aromatic nitrogens is 1. The number of sulfonamides is 1. The van der Waals surface area contributed by atoms with Crippen LogP contribution in [-0.2, 0) is 28.4 Å². The second kappa shape index (κ2) is 5.08. The summed E-state index contributed by atoms with van der Waals surface area (Å²) in [7, 11) is -1.74. The highest BCUT2D eigenvalue weighted by molar-refractivity contribution is 7.89. The van der Waals surface area contributed by atoms with Gasteiger partial charge in [-0.25, -0.2) is 8.42 Å². The van der Waals surface area contributed by atoms with E-state index in [0.29, 0.717) is 24.5 Å². The van der Waals surface area contributed by atoms with E-state index in [1.165, 1.54) is 4.31 Å². The Morgan fingerprint density at radius 2 is 1.76 bits per heavy atom. The molecule has 0 spiro atoms. The molecule has 0 unspecified atom stereocenters. The van der Waals surface area contributed by atoms with E-state index in [-0.39, 0.29) is 0 Å². The number of aryl methyl sites for hydroxylation is 1. The van der Waals surface area contributed by atoms with Crippen molar-refractivity contribution in [2.45, 2.75) is 50.3 Å². The molecule has 0 aliphatic carbocycles. The molecule has 120 valence electrons. The Labute approximate surface area is 126 Å². The lowest BCUT2D eigenvalue weighted by atomic mass is 10.0. The van der Waals surface area contributed by atoms with Crippen LogP contribution in [0.5, 0.6) is 0 Å². The van der Waals surface area contributed by atoms with Crippen molar-refractivity contribution >= 4 is 10.0 Å². The van der Waals surface area contributed by atoms with Crippen molar-refractivity contribution < 1.29 is 13.2 Å². The zero-order valence-corrected chi connectivity index (χ0v) is 14.2. The maximum Gasteiger partial charge on any atom is 0.244 e. The molecule has 1 aliphatic heterocycles. The normalized spacial score (nSPS) is 22.4. The molecule has 2 rings (SSSR count). The van der Waals surface area contributed by atoms with Gasteiger partial charge in [-0.2, -0.15) is 4.31 Å². The summed E-state index contributed by atoms with van der Waals surface area (Å²) in [5.74, 6) is 0. The fourth-order valence-electron chi connectivity index (χ4n) is 2.96. The van der Waals surface area contributed by atoms with Gasteiger partial charge in [0.2, 0.25) is 10.0 Å². The predicted molar refractivity (Wildman–Crippen MR) is 81.3 cm³/mol. The molecule has 0 radical (unpaired) electrons. The summed E-state index contributed by atoms with van der Waals surface area (Å²) in [6.45, 7) is 8.63. The first-order valence-electron chi connectivity index (χ1n) is 7.02. The van der Waals surface area contributed by atoms with Crippen molar-refractivity contribution in [2.24, 2.45) is 12.8 Å². The van der Waals surface area contributed by atoms with Crippen molar-refractivity contribution in [3.8, 4) is 0 Å². The number of nitrogens with zero attached hydrogens (tertiary/aromatic N) is 2. The number of hydrogen-bond acceptors (Lipinski definition) is 4. The minimum Gasteiger partial charge on any atom is -0.367 e. The van der Waals surface area contributed by atoms with E-state index >= 15 is 0 Å². The summed E-state index contributed by atoms with van der Waals surface area (Å²) in [6, 6.07) is 1.64. The van der Waals surface area contributed by atoms with E-state index in [9.17, 15) is 8.42 Å². The van der Waals surface area contributed by atoms with Gasteiger partial charge in [-0.15, -0.1) is 0 Å². The first kappa shape index (κ1) is 16.5. The molecule has 2 N–H and O–H groups in total. The lowest BCUT2D eigenvalue weighted by molar-refractivity contribution is -0.163. The summed E-state index contributed by atoms with van der Waals surface area (Å²) in [5.41, 5.74) is 5.39. The lowest BCUT2D eigenvalue weighted by Crippen LogP contribution is -2.58. The molecule has 1 aromatic heterocycles. The van der Waals surface area contributed by atoms with Gasteiger partial charge in [0, 0.05) is 38.6 Å². The average Bonchev–Trinajstić information content (AvgIpc) is 2.67. The number of nitrogens with two attached hydrogens (primary N) is 1. The maximum absolute atomic E-state index is 12.9. The monoisotopic (exact) mass is 315 g/mol. The van der Waals surface area contributed by atoms with Gasteiger partial charge in [-0.3, -0.25) is 0 Å². The Kier molecular flexibility index (Phi) is 3.99. The quantitative estimate of drug-likeness (QED) is 0.905. The smallest absolute Gasteiger partial charge is 0.244 e. The number of hydrogen-bond donors (Lipinski definition) is 1. The molecule has 2 heterocycles. The highest BCUT2D eigenvalue weighted by Crippen LogP contribution is 2.32. The molecule has 1 aromatic rings. The molecular formula is C14H25N3O3S. The van der Waals surface area contributed by atoms with E-state index in [1.54, 1.807) is 23.9 Å². The van der Waals surface area contributed by atoms with Crippen LogP contribution in [0.1, 0.15) is 33.4 Å². The summed E-state index contributed by atoms with van der Waals surface area (Å²) in [4.78, 5) is 0.291. The van der Waals surface area contributed by atoms with Crippen LogP contribution < -0.4 is 5.73 Å². The Balaban J connectivity index is 2.38. The fourth-order valence-corrected chi connectivity index (χ4v) is 4.79. The molecule has 0 aromatic carbocycles. The van der Waals surface area contributed by atoms with Crippen molar-refractivity contribution in [3.05, 3.63) is 18.0 Å². The van der Waals surface area contributed by atoms with E-state index in [4.69, 9.17) is 10.5 Å². The molecule has 7 heteroatoms. The Morgan fingerprint density at radius 3 is 2.19 bits per heavy atom. The first-order valence-corrected chi connectivity index (χ1v) is 8.46. The average molecular weight is 315 g/mol. The molecule has 1 aliphatic rings. The molecule has 21 heavy (non-hydrogen) atoms. The van der Waals surface area contributed by atoms with E-state index in [2.05, 4.69) is 0 Å². The van der Waals surface area contributed by atoms with Gasteiger partial charge in [0.05, 0.1) is 11.2 Å². The van der Waals surface area contributed by atoms with Crippen LogP contribution in [0, 0.1) is 0 Å². The van der Waals surface area contributed by atoms with Crippen molar-refractivity contribution in [2.75, 3.05) is 13.1 Å². The Bertz CT molecular complexity index is 616. The molecule has 1 saturated heterocycles. The molecule has 0 saturated carbocycles. The molecular weight excluding hydrogens is 290 g/mol. The topological polar surface area (TPSA) is 77.6 Å². The third-order valence-corrected chi connectivity index (χ3v) is 5.35. The van der Waals surface area contributed by atoms with Gasteiger partial charge in [-0.05, 0) is 33.8 Å². The fraction of sp³-hybridized carbons (Fsp3) is 0.714. The molecule has 0 amide bonds. The maximum atomic E-state index is 12.9. The van der Waals surface area contributed by atoms with Crippen molar-refractivity contribution in [1.82, 2.24) is 8.87 Å². The van der Waals surface area contributed by atoms with E-state index < -0.39 is 21.2 Å². The Morgan fingerprint density at radius 1 is 1.24 bits per heavy atom. The summed E-state index contributed by atoms with van der Waals surface area (Å²) < 4.78 is 34.9. The molecule has 1 fully saturated rings. The lowest BCUT2D eigenvalue weighted by Gasteiger charge is -2.46. The highest BCUT2D eigenvalue weighted by atomic mass is 32.2. The minimum absolute atomic E-state index is 0.291. The van der Waals surface area contributed by atoms with Crippen LogP contribution in [0.3, 0.4) is 0 Å². The van der Waals surface area contributed by atoms with Gasteiger partial charge >= 0.3 is 0 Å². The van der Waals surface area contributed by atoms with E-state index in [0.717, 1.165) is 5.69 Å². The van der Waals surface area contributed by atoms with Crippen LogP contribution in [0.15, 0.2) is 17.2 Å². The molecule has 0 atom stereocenters. The van der Waals surface area contributed by atoms with Crippen molar-refractivity contribution in [1.29, 1.82) is 0 Å². The first-order chi connectivity index (χ1) is 9.47. The standard InChI is InChI=1S/C14H25N3O3S/c1-13(2)9-17(10-14(3,4)20-13)21(18,19)12-6-11(7-15)16(5)8-12/h6,8H,7,9-10,15H2,1-5H3. The number of morpholine rings is 1. The van der Waals surface area contributed by atoms with Crippen LogP contribution in [0.2, 0.25) is 0 Å². The number of ether oxygens (including phenoxy) is 1. The van der Waals surface area contributed by atoms with Gasteiger partial charge in [0.1, 0.15) is 4.90 Å². The third kappa shape index (κ3) is 3.31. The second-order valence-electron chi connectivity index (χ2n) is 6.88. The van der Waals surface area contributed by atoms with Crippen LogP contribution >= 0.6 is 0 Å². The summed E-state index contributed by atoms with van der Waals surface area (Å²) in [5, 5.41) is 0. The largest absolute Gasteiger partial charge is 0.367 e. The predicted octanol–water partition coefficient (Wildman–Crippen LogP) is 1.06. The van der Waals surface area contributed by atoms with Gasteiger partial charge < -0.3 is 15.0 Å². The van der Waals surface area contributed by atoms with Gasteiger partial charge in [0.25, 0.3) is 0 Å². The zero-order chi connectivity index (χ0) is 16.1. The van der Waals surface area contributed by atoms with Crippen LogP contribution in [0.4, 0.5) is 0 Å². The van der Waals surface area contributed by atoms with Crippen molar-refractivity contribution in [3.63, 3.8) is 0 Å². The SMILES string of the molecule is Cn1cc(S(=O)(=O)N2CC(C)(C)OC(C)(C)C2)cc1CN. The third-order valence-electron chi connectivity index (χ3n) is 3.60. The number of rotatable bonds is 3. The summed E-state index contributed by atoms with van der Waals surface area (Å²) >= 11 is 0. The molecule has 0 bridgehead atoms. The molecule has 6 nitrogen and oxygen atoms in total. The van der Waals surface area contributed by atoms with Gasteiger partial charge in [0.15, 0.2) is 0 Å². The zero-order valence-electron chi connectivity index (χ0n) is 13.4. The second-order valence-corrected chi connectivity index (χ2v) is 8.81. The van der Waals surface area contributed by atoms with E-state index in [1.807, 2.05) is 27.7 Å². The summed E-state index contributed by atoms with van der Waals surface area (Å²) in [6.07, 6.45) is 1.62.